The monoisotopic (exact) mass is 185 g/mol. The average Bonchev–Trinajstić information content (AvgIpc) is 1.99. The molecule has 1 nitrogen and oxygen atoms in total. The van der Waals surface area contributed by atoms with Gasteiger partial charge in [-0.1, -0.05) is 34.1 Å². The van der Waals surface area contributed by atoms with Crippen molar-refractivity contribution in [3.05, 3.63) is 0 Å². The molecule has 0 spiro atoms. The lowest BCUT2D eigenvalue weighted by Crippen LogP contribution is -2.20. The molecular formula is C12H27N. The van der Waals surface area contributed by atoms with E-state index in [0.29, 0.717) is 0 Å². The first-order chi connectivity index (χ1) is 6.06. The molecule has 0 bridgehead atoms. The zero-order chi connectivity index (χ0) is 10.3. The Hall–Kier alpha value is -0.0400. The molecular weight excluding hydrogens is 158 g/mol. The van der Waals surface area contributed by atoms with Crippen LogP contribution in [0.5, 0.6) is 0 Å². The first-order valence-corrected chi connectivity index (χ1v) is 5.70. The highest BCUT2D eigenvalue weighted by atomic mass is 14.8. The predicted molar refractivity (Wildman–Crippen MR) is 60.9 cm³/mol. The second kappa shape index (κ2) is 7.37. The molecule has 0 aromatic heterocycles. The maximum Gasteiger partial charge on any atom is -0.00234 e. The van der Waals surface area contributed by atoms with Crippen LogP contribution in [0.2, 0.25) is 0 Å². The second-order valence-electron chi connectivity index (χ2n) is 5.02. The molecule has 0 radical (unpaired) electrons. The summed E-state index contributed by atoms with van der Waals surface area (Å²) in [5, 5.41) is 3.30. The summed E-state index contributed by atoms with van der Waals surface area (Å²) in [5.41, 5.74) is 0. The normalized spacial score (nSPS) is 14.1. The van der Waals surface area contributed by atoms with Gasteiger partial charge in [-0.3, -0.25) is 0 Å². The van der Waals surface area contributed by atoms with Crippen molar-refractivity contribution in [2.45, 2.75) is 47.0 Å². The molecule has 0 heterocycles. The Bertz CT molecular complexity index is 108. The zero-order valence-corrected chi connectivity index (χ0v) is 10.1. The van der Waals surface area contributed by atoms with Gasteiger partial charge in [0.2, 0.25) is 0 Å². The summed E-state index contributed by atoms with van der Waals surface area (Å²) in [6.07, 6.45) is 4.13. The van der Waals surface area contributed by atoms with Crippen molar-refractivity contribution < 1.29 is 0 Å². The zero-order valence-electron chi connectivity index (χ0n) is 10.1. The quantitative estimate of drug-likeness (QED) is 0.641. The minimum atomic E-state index is 0.838. The minimum absolute atomic E-state index is 0.838. The van der Waals surface area contributed by atoms with Crippen LogP contribution in [-0.4, -0.2) is 13.6 Å². The molecule has 0 saturated heterocycles. The van der Waals surface area contributed by atoms with E-state index in [1.807, 2.05) is 0 Å². The van der Waals surface area contributed by atoms with Crippen LogP contribution < -0.4 is 5.32 Å². The van der Waals surface area contributed by atoms with Crippen molar-refractivity contribution in [2.24, 2.45) is 17.8 Å². The van der Waals surface area contributed by atoms with Gasteiger partial charge in [-0.25, -0.2) is 0 Å². The van der Waals surface area contributed by atoms with Gasteiger partial charge in [0.05, 0.1) is 0 Å². The van der Waals surface area contributed by atoms with Gasteiger partial charge in [0.1, 0.15) is 0 Å². The van der Waals surface area contributed by atoms with Crippen LogP contribution in [0, 0.1) is 17.8 Å². The third-order valence-corrected chi connectivity index (χ3v) is 2.45. The Labute approximate surface area is 84.3 Å². The van der Waals surface area contributed by atoms with Crippen molar-refractivity contribution >= 4 is 0 Å². The molecule has 0 aliphatic rings. The fourth-order valence-electron chi connectivity index (χ4n) is 1.83. The molecule has 0 aromatic rings. The van der Waals surface area contributed by atoms with Crippen molar-refractivity contribution in [1.29, 1.82) is 0 Å². The van der Waals surface area contributed by atoms with E-state index in [4.69, 9.17) is 0 Å². The van der Waals surface area contributed by atoms with E-state index in [9.17, 15) is 0 Å². The molecule has 0 amide bonds. The van der Waals surface area contributed by atoms with E-state index < -0.39 is 0 Å². The van der Waals surface area contributed by atoms with Crippen LogP contribution >= 0.6 is 0 Å². The molecule has 1 N–H and O–H groups in total. The molecule has 13 heavy (non-hydrogen) atoms. The minimum Gasteiger partial charge on any atom is -0.319 e. The van der Waals surface area contributed by atoms with E-state index in [1.165, 1.54) is 25.8 Å². The average molecular weight is 185 g/mol. The lowest BCUT2D eigenvalue weighted by atomic mass is 9.90. The highest BCUT2D eigenvalue weighted by Crippen LogP contribution is 2.18. The SMILES string of the molecule is CNCC(CCC(C)C)CC(C)C. The van der Waals surface area contributed by atoms with Gasteiger partial charge >= 0.3 is 0 Å². The highest BCUT2D eigenvalue weighted by Gasteiger charge is 2.10. The van der Waals surface area contributed by atoms with Crippen molar-refractivity contribution in [1.82, 2.24) is 5.32 Å². The molecule has 1 heteroatoms. The molecule has 0 aliphatic heterocycles. The largest absolute Gasteiger partial charge is 0.319 e. The van der Waals surface area contributed by atoms with Gasteiger partial charge in [0.15, 0.2) is 0 Å². The second-order valence-corrected chi connectivity index (χ2v) is 5.02. The Morgan fingerprint density at radius 2 is 1.54 bits per heavy atom. The van der Waals surface area contributed by atoms with Gasteiger partial charge < -0.3 is 5.32 Å². The van der Waals surface area contributed by atoms with Crippen molar-refractivity contribution in [3.63, 3.8) is 0 Å². The highest BCUT2D eigenvalue weighted by molar-refractivity contribution is 4.64. The van der Waals surface area contributed by atoms with Gasteiger partial charge in [-0.2, -0.15) is 0 Å². The van der Waals surface area contributed by atoms with Crippen molar-refractivity contribution in [2.75, 3.05) is 13.6 Å². The van der Waals surface area contributed by atoms with Gasteiger partial charge in [0.25, 0.3) is 0 Å². The van der Waals surface area contributed by atoms with Crippen LogP contribution in [-0.2, 0) is 0 Å². The fourth-order valence-corrected chi connectivity index (χ4v) is 1.83. The standard InChI is InChI=1S/C12H27N/c1-10(2)6-7-12(9-13-5)8-11(3)4/h10-13H,6-9H2,1-5H3. The molecule has 1 atom stereocenters. The molecule has 1 unspecified atom stereocenters. The van der Waals surface area contributed by atoms with Crippen LogP contribution in [0.15, 0.2) is 0 Å². The number of hydrogen-bond acceptors (Lipinski definition) is 1. The first-order valence-electron chi connectivity index (χ1n) is 5.70. The fraction of sp³-hybridized carbons (Fsp3) is 1.00. The maximum atomic E-state index is 3.30. The van der Waals surface area contributed by atoms with E-state index in [1.54, 1.807) is 0 Å². The Balaban J connectivity index is 3.66. The van der Waals surface area contributed by atoms with E-state index in [-0.39, 0.29) is 0 Å². The topological polar surface area (TPSA) is 12.0 Å². The smallest absolute Gasteiger partial charge is 0.00234 e. The molecule has 0 rings (SSSR count). The molecule has 0 fully saturated rings. The van der Waals surface area contributed by atoms with Crippen LogP contribution in [0.3, 0.4) is 0 Å². The van der Waals surface area contributed by atoms with Crippen LogP contribution in [0.25, 0.3) is 0 Å². The van der Waals surface area contributed by atoms with Gasteiger partial charge in [0, 0.05) is 0 Å². The van der Waals surface area contributed by atoms with Gasteiger partial charge in [-0.15, -0.1) is 0 Å². The summed E-state index contributed by atoms with van der Waals surface area (Å²) < 4.78 is 0. The summed E-state index contributed by atoms with van der Waals surface area (Å²) in [6.45, 7) is 10.4. The summed E-state index contributed by atoms with van der Waals surface area (Å²) in [7, 11) is 2.06. The number of rotatable bonds is 7. The number of nitrogens with one attached hydrogen (secondary N) is 1. The lowest BCUT2D eigenvalue weighted by Gasteiger charge is -2.19. The van der Waals surface area contributed by atoms with Crippen LogP contribution in [0.4, 0.5) is 0 Å². The Kier molecular flexibility index (Phi) is 7.35. The molecule has 0 saturated carbocycles. The summed E-state index contributed by atoms with van der Waals surface area (Å²) >= 11 is 0. The number of hydrogen-bond donors (Lipinski definition) is 1. The summed E-state index contributed by atoms with van der Waals surface area (Å²) in [5.74, 6) is 2.57. The third kappa shape index (κ3) is 8.29. The molecule has 0 aromatic carbocycles. The molecule has 80 valence electrons. The Morgan fingerprint density at radius 3 is 1.92 bits per heavy atom. The van der Waals surface area contributed by atoms with Gasteiger partial charge in [-0.05, 0) is 44.2 Å². The van der Waals surface area contributed by atoms with E-state index >= 15 is 0 Å². The summed E-state index contributed by atoms with van der Waals surface area (Å²) in [6, 6.07) is 0. The van der Waals surface area contributed by atoms with Crippen molar-refractivity contribution in [3.8, 4) is 0 Å². The Morgan fingerprint density at radius 1 is 0.923 bits per heavy atom. The van der Waals surface area contributed by atoms with E-state index in [0.717, 1.165) is 17.8 Å². The predicted octanol–water partition coefficient (Wildman–Crippen LogP) is 3.30. The first kappa shape index (κ1) is 13.0. The van der Waals surface area contributed by atoms with E-state index in [2.05, 4.69) is 40.1 Å². The van der Waals surface area contributed by atoms with Crippen LogP contribution in [0.1, 0.15) is 47.0 Å². The third-order valence-electron chi connectivity index (χ3n) is 2.45. The summed E-state index contributed by atoms with van der Waals surface area (Å²) in [4.78, 5) is 0. The molecule has 0 aliphatic carbocycles. The maximum absolute atomic E-state index is 3.30. The lowest BCUT2D eigenvalue weighted by molar-refractivity contribution is 0.348.